The summed E-state index contributed by atoms with van der Waals surface area (Å²) in [6, 6.07) is 23.9. The van der Waals surface area contributed by atoms with E-state index < -0.39 is 0 Å². The highest BCUT2D eigenvalue weighted by molar-refractivity contribution is 5.85. The summed E-state index contributed by atoms with van der Waals surface area (Å²) < 4.78 is 5.90. The Morgan fingerprint density at radius 3 is 2.57 bits per heavy atom. The van der Waals surface area contributed by atoms with Crippen molar-refractivity contribution < 1.29 is 4.74 Å². The van der Waals surface area contributed by atoms with Crippen LogP contribution >= 0.6 is 0 Å². The van der Waals surface area contributed by atoms with Gasteiger partial charge in [0.05, 0.1) is 23.0 Å². The molecule has 0 saturated carbocycles. The maximum absolute atomic E-state index is 8.96. The van der Waals surface area contributed by atoms with Gasteiger partial charge in [-0.3, -0.25) is 0 Å². The zero-order valence-electron chi connectivity index (χ0n) is 12.4. The number of nitriles is 1. The lowest BCUT2D eigenvalue weighted by Gasteiger charge is -2.14. The van der Waals surface area contributed by atoms with Gasteiger partial charge in [0.2, 0.25) is 0 Å². The first-order chi connectivity index (χ1) is 11.3. The van der Waals surface area contributed by atoms with Gasteiger partial charge in [-0.05, 0) is 29.8 Å². The van der Waals surface area contributed by atoms with E-state index in [2.05, 4.69) is 23.5 Å². The van der Waals surface area contributed by atoms with Gasteiger partial charge >= 0.3 is 0 Å². The van der Waals surface area contributed by atoms with E-state index >= 15 is 0 Å². The van der Waals surface area contributed by atoms with Crippen LogP contribution in [0, 0.1) is 11.3 Å². The number of para-hydroxylation sites is 3. The minimum atomic E-state index is 0.531. The lowest BCUT2D eigenvalue weighted by atomic mass is 9.99. The van der Waals surface area contributed by atoms with Crippen LogP contribution in [0.5, 0.6) is 5.75 Å². The van der Waals surface area contributed by atoms with Gasteiger partial charge in [-0.15, -0.1) is 0 Å². The number of fused-ring (bicyclic) bond motifs is 2. The molecule has 0 aromatic heterocycles. The molecular weight excluding hydrogens is 284 g/mol. The van der Waals surface area contributed by atoms with Crippen molar-refractivity contribution in [3.05, 3.63) is 77.9 Å². The summed E-state index contributed by atoms with van der Waals surface area (Å²) >= 11 is 0. The van der Waals surface area contributed by atoms with Crippen molar-refractivity contribution in [2.45, 2.75) is 6.61 Å². The molecule has 3 aromatic carbocycles. The average molecular weight is 298 g/mol. The molecule has 1 aliphatic heterocycles. The van der Waals surface area contributed by atoms with E-state index in [1.165, 1.54) is 0 Å². The number of hydrogen-bond donors (Lipinski definition) is 1. The molecule has 3 aromatic rings. The fourth-order valence-electron chi connectivity index (χ4n) is 2.82. The molecule has 0 unspecified atom stereocenters. The highest BCUT2D eigenvalue weighted by Gasteiger charge is 2.16. The van der Waals surface area contributed by atoms with Gasteiger partial charge in [0.25, 0.3) is 0 Å². The van der Waals surface area contributed by atoms with Gasteiger partial charge in [0.15, 0.2) is 0 Å². The van der Waals surface area contributed by atoms with Crippen molar-refractivity contribution >= 4 is 11.4 Å². The predicted octanol–water partition coefficient (Wildman–Crippen LogP) is 4.86. The Morgan fingerprint density at radius 2 is 1.74 bits per heavy atom. The van der Waals surface area contributed by atoms with Crippen LogP contribution in [0.25, 0.3) is 11.1 Å². The van der Waals surface area contributed by atoms with Crippen LogP contribution in [0.1, 0.15) is 11.1 Å². The molecule has 4 rings (SSSR count). The Bertz CT molecular complexity index is 908. The first-order valence-corrected chi connectivity index (χ1v) is 7.46. The first-order valence-electron chi connectivity index (χ1n) is 7.46. The standard InChI is InChI=1S/C20H14N2O/c21-12-14-8-10-15(11-9-14)17-5-3-4-16-13-23-19-7-2-1-6-18(19)22-20(16)17/h1-11,22H,13H2. The van der Waals surface area contributed by atoms with Gasteiger partial charge in [-0.2, -0.15) is 5.26 Å². The van der Waals surface area contributed by atoms with E-state index in [0.29, 0.717) is 12.2 Å². The monoisotopic (exact) mass is 298 g/mol. The van der Waals surface area contributed by atoms with Gasteiger partial charge in [0, 0.05) is 11.1 Å². The lowest BCUT2D eigenvalue weighted by Crippen LogP contribution is -1.97. The van der Waals surface area contributed by atoms with Crippen molar-refractivity contribution in [1.82, 2.24) is 0 Å². The minimum Gasteiger partial charge on any atom is -0.487 e. The second-order valence-electron chi connectivity index (χ2n) is 5.44. The number of hydrogen-bond acceptors (Lipinski definition) is 3. The average Bonchev–Trinajstić information content (AvgIpc) is 2.81. The lowest BCUT2D eigenvalue weighted by molar-refractivity contribution is 0.311. The third kappa shape index (κ3) is 2.41. The fourth-order valence-corrected chi connectivity index (χ4v) is 2.82. The van der Waals surface area contributed by atoms with E-state index in [0.717, 1.165) is 33.8 Å². The molecule has 0 saturated heterocycles. The molecule has 0 radical (unpaired) electrons. The number of anilines is 2. The van der Waals surface area contributed by atoms with Gasteiger partial charge in [-0.1, -0.05) is 42.5 Å². The summed E-state index contributed by atoms with van der Waals surface area (Å²) in [5.74, 6) is 0.856. The second kappa shape index (κ2) is 5.51. The maximum atomic E-state index is 8.96. The summed E-state index contributed by atoms with van der Waals surface area (Å²) in [4.78, 5) is 0. The number of nitrogens with zero attached hydrogens (tertiary/aromatic N) is 1. The van der Waals surface area contributed by atoms with E-state index in [-0.39, 0.29) is 0 Å². The van der Waals surface area contributed by atoms with Crippen LogP contribution in [0.15, 0.2) is 66.7 Å². The zero-order valence-corrected chi connectivity index (χ0v) is 12.4. The van der Waals surface area contributed by atoms with Crippen molar-refractivity contribution in [3.63, 3.8) is 0 Å². The predicted molar refractivity (Wildman–Crippen MR) is 90.6 cm³/mol. The molecule has 1 heterocycles. The maximum Gasteiger partial charge on any atom is 0.143 e. The molecule has 1 N–H and O–H groups in total. The summed E-state index contributed by atoms with van der Waals surface area (Å²) in [5.41, 5.74) is 5.98. The molecule has 110 valence electrons. The Morgan fingerprint density at radius 1 is 0.913 bits per heavy atom. The quantitative estimate of drug-likeness (QED) is 0.697. The van der Waals surface area contributed by atoms with Crippen LogP contribution in [0.3, 0.4) is 0 Å². The number of rotatable bonds is 1. The van der Waals surface area contributed by atoms with Crippen LogP contribution in [0.2, 0.25) is 0 Å². The van der Waals surface area contributed by atoms with Crippen molar-refractivity contribution in [2.24, 2.45) is 0 Å². The molecule has 0 atom stereocenters. The molecule has 0 bridgehead atoms. The first kappa shape index (κ1) is 13.4. The molecule has 0 fully saturated rings. The Labute approximate surface area is 134 Å². The van der Waals surface area contributed by atoms with Crippen molar-refractivity contribution in [2.75, 3.05) is 5.32 Å². The molecule has 0 amide bonds. The second-order valence-corrected chi connectivity index (χ2v) is 5.44. The fraction of sp³-hybridized carbons (Fsp3) is 0.0500. The van der Waals surface area contributed by atoms with Gasteiger partial charge in [0.1, 0.15) is 12.4 Å². The topological polar surface area (TPSA) is 45.0 Å². The van der Waals surface area contributed by atoms with Crippen LogP contribution in [0.4, 0.5) is 11.4 Å². The Hall–Kier alpha value is -3.25. The van der Waals surface area contributed by atoms with E-state index in [1.807, 2.05) is 54.6 Å². The Balaban J connectivity index is 1.84. The van der Waals surface area contributed by atoms with Crippen LogP contribution in [-0.4, -0.2) is 0 Å². The summed E-state index contributed by atoms with van der Waals surface area (Å²) in [6.07, 6.45) is 0. The molecule has 3 heteroatoms. The summed E-state index contributed by atoms with van der Waals surface area (Å²) in [6.45, 7) is 0.531. The normalized spacial score (nSPS) is 12.0. The van der Waals surface area contributed by atoms with Crippen LogP contribution < -0.4 is 10.1 Å². The highest BCUT2D eigenvalue weighted by Crippen LogP contribution is 2.39. The van der Waals surface area contributed by atoms with Crippen LogP contribution in [-0.2, 0) is 6.61 Å². The molecule has 23 heavy (non-hydrogen) atoms. The SMILES string of the molecule is N#Cc1ccc(-c2cccc3c2Nc2ccccc2OC3)cc1. The highest BCUT2D eigenvalue weighted by atomic mass is 16.5. The van der Waals surface area contributed by atoms with E-state index in [9.17, 15) is 0 Å². The molecule has 1 aliphatic rings. The smallest absolute Gasteiger partial charge is 0.143 e. The third-order valence-electron chi connectivity index (χ3n) is 4.01. The van der Waals surface area contributed by atoms with E-state index in [1.54, 1.807) is 0 Å². The van der Waals surface area contributed by atoms with E-state index in [4.69, 9.17) is 10.00 Å². The number of nitrogens with one attached hydrogen (secondary N) is 1. The van der Waals surface area contributed by atoms with Crippen molar-refractivity contribution in [1.29, 1.82) is 5.26 Å². The Kier molecular flexibility index (Phi) is 3.21. The number of ether oxygens (including phenoxy) is 1. The summed E-state index contributed by atoms with van der Waals surface area (Å²) in [5, 5.41) is 12.5. The van der Waals surface area contributed by atoms with Crippen molar-refractivity contribution in [3.8, 4) is 22.9 Å². The molecule has 0 aliphatic carbocycles. The third-order valence-corrected chi connectivity index (χ3v) is 4.01. The molecule has 3 nitrogen and oxygen atoms in total. The largest absolute Gasteiger partial charge is 0.487 e. The minimum absolute atomic E-state index is 0.531. The molecular formula is C20H14N2O. The zero-order chi connectivity index (χ0) is 15.6. The number of benzene rings is 3. The molecule has 0 spiro atoms. The van der Waals surface area contributed by atoms with Gasteiger partial charge in [-0.25, -0.2) is 0 Å². The summed E-state index contributed by atoms with van der Waals surface area (Å²) in [7, 11) is 0. The van der Waals surface area contributed by atoms with Gasteiger partial charge < -0.3 is 10.1 Å².